The van der Waals surface area contributed by atoms with Crippen molar-refractivity contribution >= 4 is 39.8 Å². The second-order valence-corrected chi connectivity index (χ2v) is 7.72. The van der Waals surface area contributed by atoms with E-state index in [9.17, 15) is 4.79 Å². The van der Waals surface area contributed by atoms with Crippen molar-refractivity contribution in [3.05, 3.63) is 55.8 Å². The van der Waals surface area contributed by atoms with Crippen LogP contribution in [-0.4, -0.2) is 30.4 Å². The second kappa shape index (κ2) is 7.57. The third-order valence-corrected chi connectivity index (χ3v) is 5.64. The van der Waals surface area contributed by atoms with E-state index in [1.54, 1.807) is 11.3 Å². The molecule has 5 heteroatoms. The van der Waals surface area contributed by atoms with Crippen LogP contribution < -0.4 is 5.32 Å². The molecule has 2 aromatic rings. The number of benzene rings is 1. The van der Waals surface area contributed by atoms with Crippen molar-refractivity contribution in [2.75, 3.05) is 19.6 Å². The van der Waals surface area contributed by atoms with Gasteiger partial charge >= 0.3 is 0 Å². The topological polar surface area (TPSA) is 32.3 Å². The predicted octanol–water partition coefficient (Wildman–Crippen LogP) is 3.92. The van der Waals surface area contributed by atoms with Crippen LogP contribution in [0.15, 0.2) is 41.8 Å². The third kappa shape index (κ3) is 3.88. The van der Waals surface area contributed by atoms with E-state index in [2.05, 4.69) is 50.3 Å². The number of carbonyl (C=O) groups is 1. The largest absolute Gasteiger partial charge is 0.350 e. The van der Waals surface area contributed by atoms with E-state index in [-0.39, 0.29) is 5.91 Å². The van der Waals surface area contributed by atoms with E-state index in [0.29, 0.717) is 12.6 Å². The Balaban J connectivity index is 1.67. The first kappa shape index (κ1) is 16.0. The minimum Gasteiger partial charge on any atom is -0.350 e. The average molecular weight is 426 g/mol. The first-order chi connectivity index (χ1) is 10.7. The molecule has 1 aromatic carbocycles. The predicted molar refractivity (Wildman–Crippen MR) is 99.4 cm³/mol. The molecule has 1 aliphatic rings. The van der Waals surface area contributed by atoms with Gasteiger partial charge < -0.3 is 5.32 Å². The van der Waals surface area contributed by atoms with Crippen LogP contribution >= 0.6 is 33.9 Å². The van der Waals surface area contributed by atoms with E-state index in [1.807, 2.05) is 24.3 Å². The second-order valence-electron chi connectivity index (χ2n) is 5.49. The Kier molecular flexibility index (Phi) is 5.49. The van der Waals surface area contributed by atoms with Gasteiger partial charge in [-0.15, -0.1) is 11.3 Å². The van der Waals surface area contributed by atoms with Gasteiger partial charge in [0.25, 0.3) is 5.91 Å². The molecule has 1 fully saturated rings. The van der Waals surface area contributed by atoms with Crippen LogP contribution in [0.25, 0.3) is 0 Å². The van der Waals surface area contributed by atoms with Crippen LogP contribution in [0.2, 0.25) is 0 Å². The first-order valence-corrected chi connectivity index (χ1v) is 9.51. The number of nitrogens with zero attached hydrogens (tertiary/aromatic N) is 1. The highest BCUT2D eigenvalue weighted by Crippen LogP contribution is 2.27. The van der Waals surface area contributed by atoms with Crippen LogP contribution in [0.4, 0.5) is 0 Å². The molecule has 0 saturated carbocycles. The summed E-state index contributed by atoms with van der Waals surface area (Å²) in [6.45, 7) is 2.92. The van der Waals surface area contributed by atoms with E-state index >= 15 is 0 Å². The fraction of sp³-hybridized carbons (Fsp3) is 0.353. The molecule has 0 bridgehead atoms. The fourth-order valence-corrected chi connectivity index (χ4v) is 4.27. The quantitative estimate of drug-likeness (QED) is 0.736. The standard InChI is InChI=1S/C17H19IN2OS/c18-14-6-3-5-13(11-14)17(21)19-12-15(16-7-4-10-22-16)20-8-1-2-9-20/h3-7,10-11,15H,1-2,8-9,12H2,(H,19,21). The summed E-state index contributed by atoms with van der Waals surface area (Å²) < 4.78 is 1.08. The lowest BCUT2D eigenvalue weighted by molar-refractivity contribution is 0.0938. The van der Waals surface area contributed by atoms with Gasteiger partial charge in [-0.2, -0.15) is 0 Å². The Labute approximate surface area is 148 Å². The normalized spacial score (nSPS) is 16.6. The highest BCUT2D eigenvalue weighted by molar-refractivity contribution is 14.1. The lowest BCUT2D eigenvalue weighted by Crippen LogP contribution is -2.36. The summed E-state index contributed by atoms with van der Waals surface area (Å²) in [4.78, 5) is 16.2. The van der Waals surface area contributed by atoms with Gasteiger partial charge in [-0.05, 0) is 78.2 Å². The number of hydrogen-bond acceptors (Lipinski definition) is 3. The van der Waals surface area contributed by atoms with Gasteiger partial charge in [0.1, 0.15) is 0 Å². The van der Waals surface area contributed by atoms with Crippen LogP contribution in [0.3, 0.4) is 0 Å². The minimum atomic E-state index is 0.0132. The van der Waals surface area contributed by atoms with E-state index in [4.69, 9.17) is 0 Å². The molecule has 3 nitrogen and oxygen atoms in total. The number of hydrogen-bond donors (Lipinski definition) is 1. The molecule has 3 rings (SSSR count). The van der Waals surface area contributed by atoms with Gasteiger partial charge in [0.05, 0.1) is 6.04 Å². The highest BCUT2D eigenvalue weighted by Gasteiger charge is 2.24. The lowest BCUT2D eigenvalue weighted by Gasteiger charge is -2.26. The van der Waals surface area contributed by atoms with Gasteiger partial charge in [0.15, 0.2) is 0 Å². The van der Waals surface area contributed by atoms with Crippen LogP contribution in [0.1, 0.15) is 34.1 Å². The Morgan fingerprint density at radius 3 is 2.77 bits per heavy atom. The van der Waals surface area contributed by atoms with E-state index in [1.165, 1.54) is 17.7 Å². The molecule has 116 valence electrons. The van der Waals surface area contributed by atoms with Crippen molar-refractivity contribution in [3.63, 3.8) is 0 Å². The number of amides is 1. The Morgan fingerprint density at radius 2 is 2.09 bits per heavy atom. The molecule has 0 spiro atoms. The number of rotatable bonds is 5. The Bertz CT molecular complexity index is 623. The minimum absolute atomic E-state index is 0.0132. The zero-order valence-corrected chi connectivity index (χ0v) is 15.3. The van der Waals surface area contributed by atoms with Crippen molar-refractivity contribution < 1.29 is 4.79 Å². The molecule has 1 amide bonds. The van der Waals surface area contributed by atoms with Gasteiger partial charge in [-0.1, -0.05) is 12.1 Å². The first-order valence-electron chi connectivity index (χ1n) is 7.55. The Morgan fingerprint density at radius 1 is 1.27 bits per heavy atom. The summed E-state index contributed by atoms with van der Waals surface area (Å²) in [7, 11) is 0. The summed E-state index contributed by atoms with van der Waals surface area (Å²) in [5.74, 6) is 0.0132. The zero-order chi connectivity index (χ0) is 15.4. The number of thiophene rings is 1. The maximum absolute atomic E-state index is 12.4. The summed E-state index contributed by atoms with van der Waals surface area (Å²) in [6.07, 6.45) is 2.51. The van der Waals surface area contributed by atoms with E-state index in [0.717, 1.165) is 22.2 Å². The van der Waals surface area contributed by atoms with Gasteiger partial charge in [0.2, 0.25) is 0 Å². The number of halogens is 1. The molecule has 1 unspecified atom stereocenters. The van der Waals surface area contributed by atoms with E-state index < -0.39 is 0 Å². The van der Waals surface area contributed by atoms with Crippen molar-refractivity contribution in [1.29, 1.82) is 0 Å². The molecule has 1 atom stereocenters. The number of carbonyl (C=O) groups excluding carboxylic acids is 1. The summed E-state index contributed by atoms with van der Waals surface area (Å²) in [5, 5.41) is 5.23. The van der Waals surface area contributed by atoms with Gasteiger partial charge in [0, 0.05) is 20.6 Å². The van der Waals surface area contributed by atoms with Crippen LogP contribution in [-0.2, 0) is 0 Å². The number of likely N-dealkylation sites (tertiary alicyclic amines) is 1. The fourth-order valence-electron chi connectivity index (χ4n) is 2.86. The summed E-state index contributed by atoms with van der Waals surface area (Å²) >= 11 is 4.01. The molecule has 0 radical (unpaired) electrons. The molecule has 22 heavy (non-hydrogen) atoms. The third-order valence-electron chi connectivity index (χ3n) is 4.00. The monoisotopic (exact) mass is 426 g/mol. The van der Waals surface area contributed by atoms with Crippen molar-refractivity contribution in [2.45, 2.75) is 18.9 Å². The summed E-state index contributed by atoms with van der Waals surface area (Å²) in [5.41, 5.74) is 0.734. The SMILES string of the molecule is O=C(NCC(c1cccs1)N1CCCC1)c1cccc(I)c1. The maximum atomic E-state index is 12.4. The molecule has 1 aliphatic heterocycles. The molecule has 1 N–H and O–H groups in total. The average Bonchev–Trinajstić information content (AvgIpc) is 3.21. The van der Waals surface area contributed by atoms with Crippen molar-refractivity contribution in [2.24, 2.45) is 0 Å². The molecule has 1 aromatic heterocycles. The number of nitrogens with one attached hydrogen (secondary N) is 1. The van der Waals surface area contributed by atoms with Gasteiger partial charge in [-0.3, -0.25) is 9.69 Å². The van der Waals surface area contributed by atoms with Gasteiger partial charge in [-0.25, -0.2) is 0 Å². The van der Waals surface area contributed by atoms with Crippen LogP contribution in [0, 0.1) is 3.57 Å². The molecular formula is C17H19IN2OS. The molecule has 1 saturated heterocycles. The lowest BCUT2D eigenvalue weighted by atomic mass is 10.2. The highest BCUT2D eigenvalue weighted by atomic mass is 127. The molecular weight excluding hydrogens is 407 g/mol. The maximum Gasteiger partial charge on any atom is 0.251 e. The van der Waals surface area contributed by atoms with Crippen molar-refractivity contribution in [1.82, 2.24) is 10.2 Å². The zero-order valence-electron chi connectivity index (χ0n) is 12.3. The molecule has 2 heterocycles. The smallest absolute Gasteiger partial charge is 0.251 e. The Hall–Kier alpha value is -0.920. The molecule has 0 aliphatic carbocycles. The summed E-state index contributed by atoms with van der Waals surface area (Å²) in [6, 6.07) is 12.3. The van der Waals surface area contributed by atoms with Crippen molar-refractivity contribution in [3.8, 4) is 0 Å². The van der Waals surface area contributed by atoms with Crippen LogP contribution in [0.5, 0.6) is 0 Å².